The zero-order chi connectivity index (χ0) is 14.2. The van der Waals surface area contributed by atoms with E-state index in [1.165, 1.54) is 0 Å². The molecule has 2 unspecified atom stereocenters. The third-order valence-corrected chi connectivity index (χ3v) is 4.57. The van der Waals surface area contributed by atoms with Crippen molar-refractivity contribution in [2.24, 2.45) is 11.1 Å². The van der Waals surface area contributed by atoms with Crippen LogP contribution < -0.4 is 5.73 Å². The smallest absolute Gasteiger partial charge is 0.245 e. The Hall–Kier alpha value is -1.10. The zero-order valence-corrected chi connectivity index (χ0v) is 12.2. The second kappa shape index (κ2) is 5.12. The van der Waals surface area contributed by atoms with Gasteiger partial charge < -0.3 is 15.5 Å². The van der Waals surface area contributed by atoms with Gasteiger partial charge in [0.1, 0.15) is 6.04 Å². The van der Waals surface area contributed by atoms with Crippen LogP contribution in [0.4, 0.5) is 0 Å². The van der Waals surface area contributed by atoms with E-state index in [1.54, 1.807) is 11.8 Å². The van der Waals surface area contributed by atoms with E-state index in [0.717, 1.165) is 19.3 Å². The number of piperidine rings is 1. The number of nitrogens with two attached hydrogens (primary N) is 1. The summed E-state index contributed by atoms with van der Waals surface area (Å²) in [5.41, 5.74) is 6.05. The molecule has 108 valence electrons. The Labute approximate surface area is 115 Å². The third-order valence-electron chi connectivity index (χ3n) is 4.57. The maximum Gasteiger partial charge on any atom is 0.245 e. The van der Waals surface area contributed by atoms with Crippen LogP contribution in [-0.2, 0) is 9.59 Å². The van der Waals surface area contributed by atoms with Crippen molar-refractivity contribution < 1.29 is 9.59 Å². The molecule has 2 aliphatic rings. The fourth-order valence-electron chi connectivity index (χ4n) is 3.17. The maximum absolute atomic E-state index is 12.6. The van der Waals surface area contributed by atoms with Crippen LogP contribution in [0.15, 0.2) is 0 Å². The second-order valence-corrected chi connectivity index (χ2v) is 6.51. The predicted molar refractivity (Wildman–Crippen MR) is 73.4 cm³/mol. The second-order valence-electron chi connectivity index (χ2n) is 6.51. The van der Waals surface area contributed by atoms with Crippen molar-refractivity contribution in [1.82, 2.24) is 9.80 Å². The Morgan fingerprint density at radius 3 is 2.47 bits per heavy atom. The molecule has 2 atom stereocenters. The molecule has 2 heterocycles. The van der Waals surface area contributed by atoms with Crippen LogP contribution in [0.25, 0.3) is 0 Å². The summed E-state index contributed by atoms with van der Waals surface area (Å²) in [5, 5.41) is 0. The van der Waals surface area contributed by atoms with E-state index in [1.807, 2.05) is 4.90 Å². The van der Waals surface area contributed by atoms with Crippen molar-refractivity contribution in [3.05, 3.63) is 0 Å². The molecule has 2 fully saturated rings. The Bertz CT molecular complexity index is 381. The number of hydrogen-bond acceptors (Lipinski definition) is 3. The van der Waals surface area contributed by atoms with Crippen LogP contribution in [0.3, 0.4) is 0 Å². The number of likely N-dealkylation sites (tertiary alicyclic amines) is 2. The Balaban J connectivity index is 2.06. The quantitative estimate of drug-likeness (QED) is 0.756. The molecule has 5 heteroatoms. The molecule has 0 aromatic carbocycles. The number of carbonyl (C=O) groups is 2. The largest absolute Gasteiger partial charge is 0.340 e. The third kappa shape index (κ3) is 2.76. The summed E-state index contributed by atoms with van der Waals surface area (Å²) in [6, 6.07) is -0.105. The molecular weight excluding hydrogens is 242 g/mol. The highest BCUT2D eigenvalue weighted by atomic mass is 16.2. The predicted octanol–water partition coefficient (Wildman–Crippen LogP) is 0.583. The van der Waals surface area contributed by atoms with E-state index in [2.05, 4.69) is 13.8 Å². The van der Waals surface area contributed by atoms with Crippen LogP contribution in [0.5, 0.6) is 0 Å². The Morgan fingerprint density at radius 2 is 1.89 bits per heavy atom. The molecule has 2 aliphatic heterocycles. The number of nitrogens with zero attached hydrogens (tertiary/aromatic N) is 2. The van der Waals surface area contributed by atoms with Gasteiger partial charge in [0.25, 0.3) is 0 Å². The first-order chi connectivity index (χ1) is 8.83. The molecule has 0 bridgehead atoms. The van der Waals surface area contributed by atoms with Crippen LogP contribution in [0.2, 0.25) is 0 Å². The summed E-state index contributed by atoms with van der Waals surface area (Å²) < 4.78 is 0. The van der Waals surface area contributed by atoms with E-state index >= 15 is 0 Å². The Kier molecular flexibility index (Phi) is 3.85. The topological polar surface area (TPSA) is 66.6 Å². The van der Waals surface area contributed by atoms with Gasteiger partial charge >= 0.3 is 0 Å². The van der Waals surface area contributed by atoms with Gasteiger partial charge in [0.05, 0.1) is 0 Å². The number of hydrogen-bond donors (Lipinski definition) is 1. The lowest BCUT2D eigenvalue weighted by molar-refractivity contribution is -0.145. The highest BCUT2D eigenvalue weighted by Crippen LogP contribution is 2.29. The molecule has 2 amide bonds. The van der Waals surface area contributed by atoms with Gasteiger partial charge in [-0.3, -0.25) is 9.59 Å². The SMILES string of the molecule is CC(=O)N1CCCC1C(=O)N1CCC(N)C(C)(C)C1. The molecule has 0 saturated carbocycles. The lowest BCUT2D eigenvalue weighted by Gasteiger charge is -2.43. The molecule has 2 rings (SSSR count). The van der Waals surface area contributed by atoms with Crippen LogP contribution >= 0.6 is 0 Å². The van der Waals surface area contributed by atoms with Gasteiger partial charge in [0.2, 0.25) is 11.8 Å². The average molecular weight is 267 g/mol. The van der Waals surface area contributed by atoms with Gasteiger partial charge in [0.15, 0.2) is 0 Å². The minimum absolute atomic E-state index is 0.00354. The first-order valence-corrected chi connectivity index (χ1v) is 7.14. The van der Waals surface area contributed by atoms with Gasteiger partial charge in [0, 0.05) is 32.6 Å². The van der Waals surface area contributed by atoms with Crippen LogP contribution in [0.1, 0.15) is 40.0 Å². The molecule has 0 spiro atoms. The number of rotatable bonds is 1. The van der Waals surface area contributed by atoms with Crippen molar-refractivity contribution in [2.45, 2.75) is 52.1 Å². The lowest BCUT2D eigenvalue weighted by atomic mass is 9.79. The molecule has 19 heavy (non-hydrogen) atoms. The molecule has 5 nitrogen and oxygen atoms in total. The highest BCUT2D eigenvalue weighted by Gasteiger charge is 2.40. The molecule has 2 N–H and O–H groups in total. The number of carbonyl (C=O) groups excluding carboxylic acids is 2. The number of amides is 2. The minimum Gasteiger partial charge on any atom is -0.340 e. The van der Waals surface area contributed by atoms with Crippen molar-refractivity contribution in [1.29, 1.82) is 0 Å². The minimum atomic E-state index is -0.248. The summed E-state index contributed by atoms with van der Waals surface area (Å²) >= 11 is 0. The fourth-order valence-corrected chi connectivity index (χ4v) is 3.17. The summed E-state index contributed by atoms with van der Waals surface area (Å²) in [7, 11) is 0. The van der Waals surface area contributed by atoms with Crippen molar-refractivity contribution in [2.75, 3.05) is 19.6 Å². The summed E-state index contributed by atoms with van der Waals surface area (Å²) in [6.45, 7) is 7.87. The van der Waals surface area contributed by atoms with Gasteiger partial charge in [-0.25, -0.2) is 0 Å². The lowest BCUT2D eigenvalue weighted by Crippen LogP contribution is -2.57. The highest BCUT2D eigenvalue weighted by molar-refractivity contribution is 5.87. The average Bonchev–Trinajstić information content (AvgIpc) is 2.80. The zero-order valence-electron chi connectivity index (χ0n) is 12.2. The van der Waals surface area contributed by atoms with Crippen LogP contribution in [0, 0.1) is 5.41 Å². The molecule has 0 aromatic heterocycles. The summed E-state index contributed by atoms with van der Waals surface area (Å²) in [4.78, 5) is 27.8. The maximum atomic E-state index is 12.6. The monoisotopic (exact) mass is 267 g/mol. The first kappa shape index (κ1) is 14.3. The van der Waals surface area contributed by atoms with E-state index in [4.69, 9.17) is 5.73 Å². The molecule has 0 aromatic rings. The summed E-state index contributed by atoms with van der Waals surface area (Å²) in [5.74, 6) is 0.108. The van der Waals surface area contributed by atoms with Gasteiger partial charge in [-0.2, -0.15) is 0 Å². The van der Waals surface area contributed by atoms with Crippen molar-refractivity contribution in [3.63, 3.8) is 0 Å². The molecule has 0 radical (unpaired) electrons. The van der Waals surface area contributed by atoms with Gasteiger partial charge in [-0.05, 0) is 24.7 Å². The van der Waals surface area contributed by atoms with E-state index < -0.39 is 0 Å². The van der Waals surface area contributed by atoms with Crippen LogP contribution in [-0.4, -0.2) is 53.3 Å². The summed E-state index contributed by atoms with van der Waals surface area (Å²) in [6.07, 6.45) is 2.56. The standard InChI is InChI=1S/C14H25N3O2/c1-10(18)17-7-4-5-11(17)13(19)16-8-6-12(15)14(2,3)9-16/h11-12H,4-9,15H2,1-3H3. The van der Waals surface area contributed by atoms with E-state index in [0.29, 0.717) is 19.6 Å². The van der Waals surface area contributed by atoms with E-state index in [9.17, 15) is 9.59 Å². The first-order valence-electron chi connectivity index (χ1n) is 7.14. The van der Waals surface area contributed by atoms with Gasteiger partial charge in [-0.1, -0.05) is 13.8 Å². The molecule has 2 saturated heterocycles. The Morgan fingerprint density at radius 1 is 1.21 bits per heavy atom. The molecule has 0 aliphatic carbocycles. The normalized spacial score (nSPS) is 30.5. The fraction of sp³-hybridized carbons (Fsp3) is 0.857. The van der Waals surface area contributed by atoms with Gasteiger partial charge in [-0.15, -0.1) is 0 Å². The van der Waals surface area contributed by atoms with E-state index in [-0.39, 0.29) is 29.3 Å². The van der Waals surface area contributed by atoms with Crippen molar-refractivity contribution >= 4 is 11.8 Å². The molecular formula is C14H25N3O2. The van der Waals surface area contributed by atoms with Crippen molar-refractivity contribution in [3.8, 4) is 0 Å².